The van der Waals surface area contributed by atoms with Crippen molar-refractivity contribution < 1.29 is 20.3 Å². The molecule has 1 rings (SSSR count). The van der Waals surface area contributed by atoms with Gasteiger partial charge in [-0.25, -0.2) is 0 Å². The molecular weight excluding hydrogens is 287 g/mol. The third kappa shape index (κ3) is 2.83. The molecule has 0 aliphatic heterocycles. The number of hydrogen-bond acceptors (Lipinski definition) is 4. The quantitative estimate of drug-likeness (QED) is 0.350. The Labute approximate surface area is 88.8 Å². The number of rotatable bonds is 2. The van der Waals surface area contributed by atoms with Crippen molar-refractivity contribution in [3.05, 3.63) is 18.2 Å². The third-order valence-corrected chi connectivity index (χ3v) is 4.72. The Kier molecular flexibility index (Phi) is 2.99. The number of sulfonamides is 1. The SMILES string of the molecule is Nc1cc(S(N)(=O)=O)ccc1[As](=O)(O)O. The van der Waals surface area contributed by atoms with Crippen LogP contribution in [-0.2, 0) is 13.8 Å². The first-order chi connectivity index (χ1) is 6.62. The van der Waals surface area contributed by atoms with Crippen molar-refractivity contribution in [1.82, 2.24) is 0 Å². The van der Waals surface area contributed by atoms with Gasteiger partial charge in [0.25, 0.3) is 0 Å². The molecule has 0 amide bonds. The van der Waals surface area contributed by atoms with E-state index in [1.807, 2.05) is 0 Å². The van der Waals surface area contributed by atoms with Crippen LogP contribution < -0.4 is 15.2 Å². The summed E-state index contributed by atoms with van der Waals surface area (Å²) in [5.74, 6) is 0. The van der Waals surface area contributed by atoms with Gasteiger partial charge in [-0.3, -0.25) is 0 Å². The van der Waals surface area contributed by atoms with E-state index in [1.165, 1.54) is 0 Å². The van der Waals surface area contributed by atoms with Crippen molar-refractivity contribution >= 4 is 34.2 Å². The van der Waals surface area contributed by atoms with E-state index in [2.05, 4.69) is 0 Å². The molecule has 0 aliphatic rings. The number of benzene rings is 1. The molecule has 15 heavy (non-hydrogen) atoms. The van der Waals surface area contributed by atoms with Crippen molar-refractivity contribution in [2.45, 2.75) is 4.90 Å². The Morgan fingerprint density at radius 2 is 1.80 bits per heavy atom. The normalized spacial score (nSPS) is 12.7. The van der Waals surface area contributed by atoms with E-state index in [4.69, 9.17) is 19.1 Å². The van der Waals surface area contributed by atoms with E-state index < -0.39 is 24.2 Å². The van der Waals surface area contributed by atoms with Crippen LogP contribution >= 0.6 is 0 Å². The van der Waals surface area contributed by atoms with Crippen molar-refractivity contribution in [3.63, 3.8) is 0 Å². The first kappa shape index (κ1) is 12.3. The second kappa shape index (κ2) is 3.65. The average Bonchev–Trinajstić information content (AvgIpc) is 1.99. The molecule has 0 fully saturated rings. The molecule has 0 aromatic heterocycles. The average molecular weight is 296 g/mol. The topological polar surface area (TPSA) is 144 Å². The molecule has 0 heterocycles. The van der Waals surface area contributed by atoms with Crippen LogP contribution in [0.3, 0.4) is 0 Å². The number of anilines is 1. The fourth-order valence-electron chi connectivity index (χ4n) is 0.975. The molecule has 0 unspecified atom stereocenters. The molecule has 0 saturated heterocycles. The maximum atomic E-state index is 10.9. The van der Waals surface area contributed by atoms with Crippen LogP contribution in [-0.4, -0.2) is 30.8 Å². The van der Waals surface area contributed by atoms with Gasteiger partial charge in [0.05, 0.1) is 0 Å². The van der Waals surface area contributed by atoms with Gasteiger partial charge in [-0.2, -0.15) is 0 Å². The predicted molar refractivity (Wildman–Crippen MR) is 52.7 cm³/mol. The summed E-state index contributed by atoms with van der Waals surface area (Å²) < 4.78 is 50.1. The van der Waals surface area contributed by atoms with Crippen LogP contribution in [0.25, 0.3) is 0 Å². The van der Waals surface area contributed by atoms with Crippen molar-refractivity contribution in [2.75, 3.05) is 5.73 Å². The van der Waals surface area contributed by atoms with E-state index in [-0.39, 0.29) is 14.9 Å². The Hall–Kier alpha value is -0.792. The number of hydrogen-bond donors (Lipinski definition) is 4. The Morgan fingerprint density at radius 3 is 2.13 bits per heavy atom. The fraction of sp³-hybridized carbons (Fsp3) is 0. The Morgan fingerprint density at radius 1 is 1.27 bits per heavy atom. The van der Waals surface area contributed by atoms with Crippen LogP contribution in [0, 0.1) is 0 Å². The van der Waals surface area contributed by atoms with Crippen molar-refractivity contribution in [2.24, 2.45) is 5.14 Å². The third-order valence-electron chi connectivity index (χ3n) is 1.64. The zero-order valence-corrected chi connectivity index (χ0v) is 10.1. The Balaban J connectivity index is 3.40. The molecular formula is C6H9AsN2O5S. The van der Waals surface area contributed by atoms with E-state index >= 15 is 0 Å². The first-order valence-electron chi connectivity index (χ1n) is 3.61. The van der Waals surface area contributed by atoms with E-state index in [0.717, 1.165) is 18.2 Å². The second-order valence-electron chi connectivity index (χ2n) is 2.81. The molecule has 0 saturated carbocycles. The molecule has 1 aromatic carbocycles. The number of nitrogens with two attached hydrogens (primary N) is 2. The summed E-state index contributed by atoms with van der Waals surface area (Å²) in [5.41, 5.74) is 5.02. The van der Waals surface area contributed by atoms with Gasteiger partial charge in [0.15, 0.2) is 0 Å². The molecule has 6 N–H and O–H groups in total. The van der Waals surface area contributed by atoms with Crippen molar-refractivity contribution in [3.8, 4) is 0 Å². The summed E-state index contributed by atoms with van der Waals surface area (Å²) in [4.78, 5) is -0.285. The minimum atomic E-state index is -5.11. The van der Waals surface area contributed by atoms with Crippen LogP contribution in [0.2, 0.25) is 0 Å². The molecule has 84 valence electrons. The summed E-state index contributed by atoms with van der Waals surface area (Å²) in [6.07, 6.45) is 0. The van der Waals surface area contributed by atoms with Gasteiger partial charge in [0, 0.05) is 0 Å². The van der Waals surface area contributed by atoms with Gasteiger partial charge in [-0.15, -0.1) is 0 Å². The summed E-state index contributed by atoms with van der Waals surface area (Å²) in [5, 5.41) is 4.81. The van der Waals surface area contributed by atoms with Gasteiger partial charge in [-0.1, -0.05) is 0 Å². The molecule has 1 aromatic rings. The zero-order valence-electron chi connectivity index (χ0n) is 7.36. The molecule has 0 aliphatic carbocycles. The molecule has 0 bridgehead atoms. The second-order valence-corrected chi connectivity index (χ2v) is 7.66. The van der Waals surface area contributed by atoms with Crippen LogP contribution in [0.5, 0.6) is 0 Å². The summed E-state index contributed by atoms with van der Waals surface area (Å²) in [6, 6.07) is 2.89. The standard InChI is InChI=1S/C6H9AsN2O5S/c8-6-3-4(15(9,13)14)1-2-5(6)7(10,11)12/h1-3H,8H2,(H2,9,13,14)(H2,10,11,12). The van der Waals surface area contributed by atoms with Crippen LogP contribution in [0.4, 0.5) is 5.69 Å². The molecule has 0 radical (unpaired) electrons. The van der Waals surface area contributed by atoms with E-state index in [9.17, 15) is 12.2 Å². The zero-order chi connectivity index (χ0) is 11.9. The molecule has 9 heteroatoms. The summed E-state index contributed by atoms with van der Waals surface area (Å²) in [7, 11) is -3.91. The monoisotopic (exact) mass is 296 g/mol. The predicted octanol–water partition coefficient (Wildman–Crippen LogP) is -2.52. The van der Waals surface area contributed by atoms with Gasteiger partial charge in [-0.05, 0) is 0 Å². The maximum absolute atomic E-state index is 10.9. The summed E-state index contributed by atoms with van der Waals surface area (Å²) in [6.45, 7) is 0. The molecule has 7 nitrogen and oxygen atoms in total. The van der Waals surface area contributed by atoms with Gasteiger partial charge in [0.2, 0.25) is 0 Å². The number of nitrogen functional groups attached to an aromatic ring is 1. The van der Waals surface area contributed by atoms with Gasteiger partial charge < -0.3 is 0 Å². The fourth-order valence-corrected chi connectivity index (χ4v) is 2.93. The number of primary sulfonamides is 1. The summed E-state index contributed by atoms with van der Waals surface area (Å²) >= 11 is -5.11. The van der Waals surface area contributed by atoms with Crippen LogP contribution in [0.15, 0.2) is 23.1 Å². The molecule has 0 spiro atoms. The van der Waals surface area contributed by atoms with E-state index in [1.54, 1.807) is 0 Å². The minimum absolute atomic E-state index is 0.283. The van der Waals surface area contributed by atoms with Crippen molar-refractivity contribution in [1.29, 1.82) is 0 Å². The van der Waals surface area contributed by atoms with Gasteiger partial charge in [0.1, 0.15) is 0 Å². The van der Waals surface area contributed by atoms with E-state index in [0.29, 0.717) is 0 Å². The molecule has 0 atom stereocenters. The van der Waals surface area contributed by atoms with Crippen LogP contribution in [0.1, 0.15) is 0 Å². The van der Waals surface area contributed by atoms with Gasteiger partial charge >= 0.3 is 88.6 Å². The first-order valence-corrected chi connectivity index (χ1v) is 8.54. The Bertz CT molecular complexity index is 534.